The van der Waals surface area contributed by atoms with Crippen LogP contribution in [0, 0.1) is 0 Å². The summed E-state index contributed by atoms with van der Waals surface area (Å²) in [5.74, 6) is -0.463. The average molecular weight is 334 g/mol. The van der Waals surface area contributed by atoms with E-state index in [2.05, 4.69) is 11.8 Å². The molecule has 23 heavy (non-hydrogen) atoms. The van der Waals surface area contributed by atoms with Crippen molar-refractivity contribution in [1.82, 2.24) is 14.7 Å². The van der Waals surface area contributed by atoms with Crippen molar-refractivity contribution < 1.29 is 9.59 Å². The van der Waals surface area contributed by atoms with Crippen LogP contribution in [-0.4, -0.2) is 66.3 Å². The Labute approximate surface area is 141 Å². The van der Waals surface area contributed by atoms with Crippen LogP contribution < -0.4 is 0 Å². The molecule has 1 saturated heterocycles. The molecular formula is C17H20ClN3O2. The molecule has 0 unspecified atom stereocenters. The fourth-order valence-electron chi connectivity index (χ4n) is 3.08. The number of benzene rings is 1. The standard InChI is InChI=1S/C17H20ClN3O2/c1-3-20-8-10-21(11-9-20)15-14(16(22)19(2)17(15)23)12-4-6-13(18)7-5-12/h4-7H,3,8-11H2,1-2H3. The van der Waals surface area contributed by atoms with Crippen molar-refractivity contribution in [2.45, 2.75) is 6.92 Å². The summed E-state index contributed by atoms with van der Waals surface area (Å²) >= 11 is 5.93. The van der Waals surface area contributed by atoms with Crippen LogP contribution >= 0.6 is 11.6 Å². The number of hydrogen-bond acceptors (Lipinski definition) is 4. The van der Waals surface area contributed by atoms with Gasteiger partial charge >= 0.3 is 0 Å². The summed E-state index contributed by atoms with van der Waals surface area (Å²) in [6.07, 6.45) is 0. The van der Waals surface area contributed by atoms with E-state index >= 15 is 0 Å². The number of carbonyl (C=O) groups is 2. The molecule has 2 aliphatic rings. The zero-order valence-corrected chi connectivity index (χ0v) is 14.1. The molecule has 1 aromatic rings. The highest BCUT2D eigenvalue weighted by molar-refractivity contribution is 6.35. The second kappa shape index (κ2) is 6.34. The van der Waals surface area contributed by atoms with E-state index in [4.69, 9.17) is 11.6 Å². The van der Waals surface area contributed by atoms with Crippen LogP contribution in [0.5, 0.6) is 0 Å². The zero-order chi connectivity index (χ0) is 16.6. The molecular weight excluding hydrogens is 314 g/mol. The first-order chi connectivity index (χ1) is 11.0. The van der Waals surface area contributed by atoms with Gasteiger partial charge in [-0.3, -0.25) is 14.5 Å². The quantitative estimate of drug-likeness (QED) is 0.790. The van der Waals surface area contributed by atoms with Crippen molar-refractivity contribution in [2.75, 3.05) is 39.8 Å². The molecule has 0 aromatic heterocycles. The molecule has 5 nitrogen and oxygen atoms in total. The number of imide groups is 1. The number of hydrogen-bond donors (Lipinski definition) is 0. The minimum Gasteiger partial charge on any atom is -0.364 e. The van der Waals surface area contributed by atoms with E-state index in [1.807, 2.05) is 4.90 Å². The third-order valence-electron chi connectivity index (χ3n) is 4.53. The van der Waals surface area contributed by atoms with Gasteiger partial charge in [-0.25, -0.2) is 0 Å². The SMILES string of the molecule is CCN1CCN(C2=C(c3ccc(Cl)cc3)C(=O)N(C)C2=O)CC1. The average Bonchev–Trinajstić information content (AvgIpc) is 2.80. The highest BCUT2D eigenvalue weighted by atomic mass is 35.5. The summed E-state index contributed by atoms with van der Waals surface area (Å²) in [6, 6.07) is 7.08. The largest absolute Gasteiger partial charge is 0.364 e. The Kier molecular flexibility index (Phi) is 4.41. The predicted octanol–water partition coefficient (Wildman–Crippen LogP) is 1.69. The summed E-state index contributed by atoms with van der Waals surface area (Å²) in [6.45, 7) is 6.45. The molecule has 2 aliphatic heterocycles. The lowest BCUT2D eigenvalue weighted by atomic mass is 10.0. The lowest BCUT2D eigenvalue weighted by molar-refractivity contribution is -0.136. The molecule has 0 spiro atoms. The van der Waals surface area contributed by atoms with E-state index in [9.17, 15) is 9.59 Å². The Bertz CT molecular complexity index is 661. The Morgan fingerprint density at radius 1 is 1.00 bits per heavy atom. The van der Waals surface area contributed by atoms with E-state index in [-0.39, 0.29) is 11.8 Å². The van der Waals surface area contributed by atoms with Crippen molar-refractivity contribution in [1.29, 1.82) is 0 Å². The highest BCUT2D eigenvalue weighted by Gasteiger charge is 2.40. The van der Waals surface area contributed by atoms with Crippen LogP contribution in [0.4, 0.5) is 0 Å². The lowest BCUT2D eigenvalue weighted by Crippen LogP contribution is -2.47. The molecule has 0 atom stereocenters. The first kappa shape index (κ1) is 16.0. The molecule has 0 N–H and O–H groups in total. The number of piperazine rings is 1. The van der Waals surface area contributed by atoms with Crippen LogP contribution in [-0.2, 0) is 9.59 Å². The van der Waals surface area contributed by atoms with Crippen LogP contribution in [0.3, 0.4) is 0 Å². The maximum atomic E-state index is 12.6. The molecule has 0 radical (unpaired) electrons. The monoisotopic (exact) mass is 333 g/mol. The van der Waals surface area contributed by atoms with Crippen molar-refractivity contribution >= 4 is 29.0 Å². The van der Waals surface area contributed by atoms with E-state index in [0.717, 1.165) is 38.3 Å². The molecule has 0 aliphatic carbocycles. The molecule has 0 saturated carbocycles. The second-order valence-electron chi connectivity index (χ2n) is 5.82. The topological polar surface area (TPSA) is 43.9 Å². The van der Waals surface area contributed by atoms with Gasteiger partial charge in [0.15, 0.2) is 0 Å². The number of rotatable bonds is 3. The smallest absolute Gasteiger partial charge is 0.277 e. The first-order valence-electron chi connectivity index (χ1n) is 7.82. The number of nitrogens with zero attached hydrogens (tertiary/aromatic N) is 3. The van der Waals surface area contributed by atoms with Crippen molar-refractivity contribution in [2.24, 2.45) is 0 Å². The minimum atomic E-state index is -0.245. The van der Waals surface area contributed by atoms with Gasteiger partial charge in [-0.05, 0) is 24.2 Å². The summed E-state index contributed by atoms with van der Waals surface area (Å²) < 4.78 is 0. The van der Waals surface area contributed by atoms with Gasteiger partial charge in [0, 0.05) is 38.2 Å². The van der Waals surface area contributed by atoms with E-state index in [1.54, 1.807) is 24.3 Å². The van der Waals surface area contributed by atoms with E-state index in [1.165, 1.54) is 11.9 Å². The molecule has 0 bridgehead atoms. The minimum absolute atomic E-state index is 0.218. The molecule has 1 aromatic carbocycles. The second-order valence-corrected chi connectivity index (χ2v) is 6.26. The van der Waals surface area contributed by atoms with E-state index < -0.39 is 0 Å². The van der Waals surface area contributed by atoms with Crippen molar-refractivity contribution in [3.63, 3.8) is 0 Å². The number of halogens is 1. The van der Waals surface area contributed by atoms with Crippen LogP contribution in [0.2, 0.25) is 5.02 Å². The molecule has 2 heterocycles. The number of amides is 2. The first-order valence-corrected chi connectivity index (χ1v) is 8.20. The third-order valence-corrected chi connectivity index (χ3v) is 4.78. The summed E-state index contributed by atoms with van der Waals surface area (Å²) in [7, 11) is 1.54. The maximum Gasteiger partial charge on any atom is 0.277 e. The highest BCUT2D eigenvalue weighted by Crippen LogP contribution is 2.31. The zero-order valence-electron chi connectivity index (χ0n) is 13.4. The van der Waals surface area contributed by atoms with Gasteiger partial charge in [-0.1, -0.05) is 30.7 Å². The Hall–Kier alpha value is -1.85. The molecule has 3 rings (SSSR count). The molecule has 2 amide bonds. The molecule has 1 fully saturated rings. The normalized spacial score (nSPS) is 20.0. The number of carbonyl (C=O) groups excluding carboxylic acids is 2. The summed E-state index contributed by atoms with van der Waals surface area (Å²) in [4.78, 5) is 30.7. The Balaban J connectivity index is 1.99. The van der Waals surface area contributed by atoms with E-state index in [0.29, 0.717) is 16.3 Å². The fourth-order valence-corrected chi connectivity index (χ4v) is 3.21. The van der Waals surface area contributed by atoms with Crippen LogP contribution in [0.1, 0.15) is 12.5 Å². The van der Waals surface area contributed by atoms with Gasteiger partial charge in [0.05, 0.1) is 5.57 Å². The maximum absolute atomic E-state index is 12.6. The lowest BCUT2D eigenvalue weighted by Gasteiger charge is -2.35. The van der Waals surface area contributed by atoms with Gasteiger partial charge in [0.2, 0.25) is 0 Å². The third kappa shape index (κ3) is 2.86. The van der Waals surface area contributed by atoms with Crippen LogP contribution in [0.25, 0.3) is 5.57 Å². The number of likely N-dealkylation sites (N-methyl/N-ethyl adjacent to an activating group) is 2. The molecule has 122 valence electrons. The van der Waals surface area contributed by atoms with Gasteiger partial charge in [-0.2, -0.15) is 0 Å². The van der Waals surface area contributed by atoms with Gasteiger partial charge < -0.3 is 9.80 Å². The Morgan fingerprint density at radius 2 is 1.61 bits per heavy atom. The van der Waals surface area contributed by atoms with Crippen molar-refractivity contribution in [3.8, 4) is 0 Å². The van der Waals surface area contributed by atoms with Gasteiger partial charge in [-0.15, -0.1) is 0 Å². The molecule has 6 heteroatoms. The predicted molar refractivity (Wildman–Crippen MR) is 89.8 cm³/mol. The Morgan fingerprint density at radius 3 is 2.17 bits per heavy atom. The fraction of sp³-hybridized carbons (Fsp3) is 0.412. The van der Waals surface area contributed by atoms with Crippen LogP contribution in [0.15, 0.2) is 30.0 Å². The summed E-state index contributed by atoms with van der Waals surface area (Å²) in [5.41, 5.74) is 1.75. The van der Waals surface area contributed by atoms with Gasteiger partial charge in [0.1, 0.15) is 5.70 Å². The summed E-state index contributed by atoms with van der Waals surface area (Å²) in [5, 5.41) is 0.609. The van der Waals surface area contributed by atoms with Gasteiger partial charge in [0.25, 0.3) is 11.8 Å². The van der Waals surface area contributed by atoms with Crippen molar-refractivity contribution in [3.05, 3.63) is 40.5 Å².